The SMILES string of the molecule is COc1cc(C(C)=O)ccc1OCC(=O)Oc1ccc2ccc(=O)oc2c1. The zero-order chi connectivity index (χ0) is 19.4. The number of esters is 1. The molecule has 7 nitrogen and oxygen atoms in total. The van der Waals surface area contributed by atoms with E-state index < -0.39 is 11.6 Å². The molecule has 0 N–H and O–H groups in total. The van der Waals surface area contributed by atoms with Crippen molar-refractivity contribution in [1.29, 1.82) is 0 Å². The van der Waals surface area contributed by atoms with Gasteiger partial charge in [0.15, 0.2) is 23.9 Å². The molecule has 0 bridgehead atoms. The molecule has 0 aliphatic heterocycles. The van der Waals surface area contributed by atoms with Crippen molar-refractivity contribution in [2.75, 3.05) is 13.7 Å². The highest BCUT2D eigenvalue weighted by molar-refractivity contribution is 5.94. The first-order valence-electron chi connectivity index (χ1n) is 8.02. The van der Waals surface area contributed by atoms with Crippen molar-refractivity contribution in [2.24, 2.45) is 0 Å². The van der Waals surface area contributed by atoms with Crippen LogP contribution < -0.4 is 19.8 Å². The van der Waals surface area contributed by atoms with Crippen molar-refractivity contribution < 1.29 is 28.2 Å². The third-order valence-corrected chi connectivity index (χ3v) is 3.74. The fourth-order valence-corrected chi connectivity index (χ4v) is 2.41. The summed E-state index contributed by atoms with van der Waals surface area (Å²) in [5.41, 5.74) is 0.296. The van der Waals surface area contributed by atoms with E-state index in [1.54, 1.807) is 30.3 Å². The third-order valence-electron chi connectivity index (χ3n) is 3.74. The molecule has 0 radical (unpaired) electrons. The summed E-state index contributed by atoms with van der Waals surface area (Å²) in [5.74, 6) is 0.115. The summed E-state index contributed by atoms with van der Waals surface area (Å²) >= 11 is 0. The van der Waals surface area contributed by atoms with Gasteiger partial charge >= 0.3 is 11.6 Å². The highest BCUT2D eigenvalue weighted by atomic mass is 16.6. The number of benzene rings is 2. The molecule has 2 aromatic carbocycles. The van der Waals surface area contributed by atoms with Crippen LogP contribution in [0.1, 0.15) is 17.3 Å². The van der Waals surface area contributed by atoms with Crippen LogP contribution in [0.4, 0.5) is 0 Å². The lowest BCUT2D eigenvalue weighted by molar-refractivity contribution is -0.136. The maximum absolute atomic E-state index is 12.0. The standard InChI is InChI=1S/C20H16O7/c1-12(21)14-4-7-16(18(9-14)24-2)25-11-20(23)26-15-6-3-13-5-8-19(22)27-17(13)10-15/h3-10H,11H2,1-2H3. The van der Waals surface area contributed by atoms with Gasteiger partial charge in [0.25, 0.3) is 0 Å². The van der Waals surface area contributed by atoms with Gasteiger partial charge in [0, 0.05) is 23.1 Å². The summed E-state index contributed by atoms with van der Waals surface area (Å²) in [4.78, 5) is 34.7. The molecule has 0 aliphatic rings. The van der Waals surface area contributed by atoms with Gasteiger partial charge in [-0.2, -0.15) is 0 Å². The van der Waals surface area contributed by atoms with Crippen LogP contribution in [-0.2, 0) is 4.79 Å². The van der Waals surface area contributed by atoms with Gasteiger partial charge in [-0.3, -0.25) is 4.79 Å². The summed E-state index contributed by atoms with van der Waals surface area (Å²) in [5, 5.41) is 0.709. The van der Waals surface area contributed by atoms with E-state index >= 15 is 0 Å². The molecule has 7 heteroatoms. The zero-order valence-corrected chi connectivity index (χ0v) is 14.7. The van der Waals surface area contributed by atoms with Gasteiger partial charge in [-0.05, 0) is 43.3 Å². The number of ketones is 1. The monoisotopic (exact) mass is 368 g/mol. The Balaban J connectivity index is 1.68. The van der Waals surface area contributed by atoms with E-state index in [9.17, 15) is 14.4 Å². The van der Waals surface area contributed by atoms with E-state index in [-0.39, 0.29) is 18.1 Å². The van der Waals surface area contributed by atoms with Crippen molar-refractivity contribution in [1.82, 2.24) is 0 Å². The number of Topliss-reactive ketones (excluding diaryl/α,β-unsaturated/α-hetero) is 1. The van der Waals surface area contributed by atoms with Crippen LogP contribution in [0.25, 0.3) is 11.0 Å². The molecule has 0 amide bonds. The predicted octanol–water partition coefficient (Wildman–Crippen LogP) is 2.99. The number of methoxy groups -OCH3 is 1. The van der Waals surface area contributed by atoms with Gasteiger partial charge in [-0.1, -0.05) is 0 Å². The summed E-state index contributed by atoms with van der Waals surface area (Å²) in [6.07, 6.45) is 0. The Morgan fingerprint density at radius 2 is 1.78 bits per heavy atom. The summed E-state index contributed by atoms with van der Waals surface area (Å²) in [6, 6.07) is 12.3. The van der Waals surface area contributed by atoms with Gasteiger partial charge in [0.1, 0.15) is 11.3 Å². The van der Waals surface area contributed by atoms with Crippen molar-refractivity contribution in [3.05, 3.63) is 64.5 Å². The number of fused-ring (bicyclic) bond motifs is 1. The Morgan fingerprint density at radius 3 is 2.52 bits per heavy atom. The lowest BCUT2D eigenvalue weighted by atomic mass is 10.1. The predicted molar refractivity (Wildman–Crippen MR) is 96.6 cm³/mol. The highest BCUT2D eigenvalue weighted by Crippen LogP contribution is 2.28. The van der Waals surface area contributed by atoms with Gasteiger partial charge in [0.2, 0.25) is 0 Å². The normalized spacial score (nSPS) is 10.4. The zero-order valence-electron chi connectivity index (χ0n) is 14.7. The quantitative estimate of drug-likeness (QED) is 0.286. The van der Waals surface area contributed by atoms with Crippen LogP contribution in [-0.4, -0.2) is 25.5 Å². The number of carbonyl (C=O) groups excluding carboxylic acids is 2. The smallest absolute Gasteiger partial charge is 0.349 e. The maximum atomic E-state index is 12.0. The number of hydrogen-bond acceptors (Lipinski definition) is 7. The maximum Gasteiger partial charge on any atom is 0.349 e. The molecule has 1 heterocycles. The number of ether oxygens (including phenoxy) is 3. The second-order valence-electron chi connectivity index (χ2n) is 5.64. The molecule has 0 atom stereocenters. The van der Waals surface area contributed by atoms with Crippen molar-refractivity contribution in [3.8, 4) is 17.2 Å². The van der Waals surface area contributed by atoms with Crippen LogP contribution in [0.2, 0.25) is 0 Å². The molecule has 27 heavy (non-hydrogen) atoms. The molecule has 0 aliphatic carbocycles. The van der Waals surface area contributed by atoms with Crippen LogP contribution in [0.3, 0.4) is 0 Å². The fraction of sp³-hybridized carbons (Fsp3) is 0.150. The van der Waals surface area contributed by atoms with Gasteiger partial charge in [-0.15, -0.1) is 0 Å². The largest absolute Gasteiger partial charge is 0.493 e. The minimum atomic E-state index is -0.648. The van der Waals surface area contributed by atoms with Gasteiger partial charge in [-0.25, -0.2) is 9.59 Å². The van der Waals surface area contributed by atoms with E-state index in [4.69, 9.17) is 18.6 Å². The van der Waals surface area contributed by atoms with Crippen LogP contribution in [0.15, 0.2) is 57.7 Å². The molecule has 3 aromatic rings. The Bertz CT molecular complexity index is 1070. The van der Waals surface area contributed by atoms with Crippen LogP contribution in [0.5, 0.6) is 17.2 Å². The molecule has 0 saturated carbocycles. The fourth-order valence-electron chi connectivity index (χ4n) is 2.41. The molecular weight excluding hydrogens is 352 g/mol. The third kappa shape index (κ3) is 4.33. The first-order chi connectivity index (χ1) is 13.0. The second-order valence-corrected chi connectivity index (χ2v) is 5.64. The molecule has 1 aromatic heterocycles. The van der Waals surface area contributed by atoms with Crippen molar-refractivity contribution in [2.45, 2.75) is 6.92 Å². The Hall–Kier alpha value is -3.61. The number of rotatable bonds is 6. The van der Waals surface area contributed by atoms with Gasteiger partial charge in [0.05, 0.1) is 7.11 Å². The molecule has 0 saturated heterocycles. The van der Waals surface area contributed by atoms with E-state index in [1.807, 2.05) is 0 Å². The topological polar surface area (TPSA) is 92.0 Å². The Labute approximate surface area is 154 Å². The number of carbonyl (C=O) groups is 2. The van der Waals surface area contributed by atoms with Crippen LogP contribution >= 0.6 is 0 Å². The first-order valence-corrected chi connectivity index (χ1v) is 8.02. The van der Waals surface area contributed by atoms with E-state index in [0.29, 0.717) is 28.0 Å². The van der Waals surface area contributed by atoms with Crippen LogP contribution in [0, 0.1) is 0 Å². The minimum Gasteiger partial charge on any atom is -0.493 e. The summed E-state index contributed by atoms with van der Waals surface area (Å²) < 4.78 is 20.8. The van der Waals surface area contributed by atoms with E-state index in [2.05, 4.69) is 0 Å². The van der Waals surface area contributed by atoms with Crippen molar-refractivity contribution >= 4 is 22.7 Å². The van der Waals surface area contributed by atoms with Gasteiger partial charge < -0.3 is 18.6 Å². The van der Waals surface area contributed by atoms with E-state index in [1.165, 1.54) is 32.2 Å². The Kier molecular flexibility index (Phi) is 5.21. The Morgan fingerprint density at radius 1 is 1.00 bits per heavy atom. The van der Waals surface area contributed by atoms with Crippen molar-refractivity contribution in [3.63, 3.8) is 0 Å². The molecule has 0 unspecified atom stereocenters. The molecular formula is C20H16O7. The first kappa shape index (κ1) is 18.2. The lowest BCUT2D eigenvalue weighted by Crippen LogP contribution is -2.18. The molecule has 138 valence electrons. The number of hydrogen-bond donors (Lipinski definition) is 0. The molecule has 3 rings (SSSR count). The lowest BCUT2D eigenvalue weighted by Gasteiger charge is -2.11. The minimum absolute atomic E-state index is 0.109. The average Bonchev–Trinajstić information content (AvgIpc) is 2.65. The second kappa shape index (κ2) is 7.74. The summed E-state index contributed by atoms with van der Waals surface area (Å²) in [7, 11) is 1.44. The highest BCUT2D eigenvalue weighted by Gasteiger charge is 2.12. The van der Waals surface area contributed by atoms with E-state index in [0.717, 1.165) is 0 Å². The molecule has 0 fully saturated rings. The average molecular weight is 368 g/mol. The summed E-state index contributed by atoms with van der Waals surface area (Å²) in [6.45, 7) is 1.07. The molecule has 0 spiro atoms.